The highest BCUT2D eigenvalue weighted by atomic mass is 19.4. The fourth-order valence-electron chi connectivity index (χ4n) is 2.95. The third-order valence-electron chi connectivity index (χ3n) is 4.94. The molecule has 0 radical (unpaired) electrons. The molecule has 7 nitrogen and oxygen atoms in total. The van der Waals surface area contributed by atoms with Gasteiger partial charge in [0, 0.05) is 6.42 Å². The van der Waals surface area contributed by atoms with Crippen molar-refractivity contribution in [2.24, 2.45) is 0 Å². The predicted molar refractivity (Wildman–Crippen MR) is 114 cm³/mol. The van der Waals surface area contributed by atoms with Crippen LogP contribution in [0.3, 0.4) is 0 Å². The average molecular weight is 463 g/mol. The number of halogens is 3. The van der Waals surface area contributed by atoms with Gasteiger partial charge < -0.3 is 14.6 Å². The minimum absolute atomic E-state index is 0.298. The molecule has 0 aliphatic carbocycles. The molecular formula is C23H24F3N3O4. The third-order valence-corrected chi connectivity index (χ3v) is 4.94. The molecule has 0 atom stereocenters. The Morgan fingerprint density at radius 1 is 1.06 bits per heavy atom. The van der Waals surface area contributed by atoms with Gasteiger partial charge >= 0.3 is 12.1 Å². The molecule has 0 amide bonds. The highest BCUT2D eigenvalue weighted by Crippen LogP contribution is 2.30. The summed E-state index contributed by atoms with van der Waals surface area (Å²) in [5, 5.41) is 17.8. The number of nitrogens with zero attached hydrogens (tertiary/aromatic N) is 3. The lowest BCUT2D eigenvalue weighted by Crippen LogP contribution is -2.38. The molecular weight excluding hydrogens is 439 g/mol. The Bertz CT molecular complexity index is 1140. The van der Waals surface area contributed by atoms with Gasteiger partial charge in [0.25, 0.3) is 0 Å². The van der Waals surface area contributed by atoms with Crippen molar-refractivity contribution >= 4 is 5.97 Å². The van der Waals surface area contributed by atoms with E-state index in [0.717, 1.165) is 17.7 Å². The fourth-order valence-corrected chi connectivity index (χ4v) is 2.95. The molecule has 0 bridgehead atoms. The number of carboxylic acids is 1. The summed E-state index contributed by atoms with van der Waals surface area (Å²) >= 11 is 0. The summed E-state index contributed by atoms with van der Waals surface area (Å²) in [7, 11) is 0. The maximum absolute atomic E-state index is 12.7. The Labute approximate surface area is 188 Å². The molecule has 0 aliphatic heterocycles. The Balaban J connectivity index is 1.62. The maximum Gasteiger partial charge on any atom is 0.416 e. The van der Waals surface area contributed by atoms with Gasteiger partial charge in [-0.15, -0.1) is 0 Å². The van der Waals surface area contributed by atoms with E-state index < -0.39 is 23.3 Å². The van der Waals surface area contributed by atoms with Crippen LogP contribution in [0.4, 0.5) is 13.2 Å². The van der Waals surface area contributed by atoms with Gasteiger partial charge in [0.1, 0.15) is 11.5 Å². The van der Waals surface area contributed by atoms with Gasteiger partial charge in [-0.1, -0.05) is 0 Å². The lowest BCUT2D eigenvalue weighted by Gasteiger charge is -2.23. The average Bonchev–Trinajstić information content (AvgIpc) is 3.10. The second-order valence-electron chi connectivity index (χ2n) is 8.01. The summed E-state index contributed by atoms with van der Waals surface area (Å²) in [5.74, 6) is -0.0345. The standard InChI is InChI=1S/C23H24F3N3O4/c1-14-13-18(9-10-20(14)33-22(3,4)21(30)31)32-12-11-19-15(2)27-29(28-19)17-7-5-16(6-8-17)23(24,25)26/h5-10,13H,11-12H2,1-4H3,(H,30,31). The zero-order valence-electron chi connectivity index (χ0n) is 18.6. The van der Waals surface area contributed by atoms with Crippen LogP contribution in [0.1, 0.15) is 36.4 Å². The monoisotopic (exact) mass is 463 g/mol. The quantitative estimate of drug-likeness (QED) is 0.518. The summed E-state index contributed by atoms with van der Waals surface area (Å²) in [5.41, 5.74) is 0.370. The van der Waals surface area contributed by atoms with Crippen molar-refractivity contribution < 1.29 is 32.5 Å². The summed E-state index contributed by atoms with van der Waals surface area (Å²) in [6.07, 6.45) is -3.96. The van der Waals surface area contributed by atoms with E-state index in [1.54, 1.807) is 32.0 Å². The number of aryl methyl sites for hydroxylation is 2. The van der Waals surface area contributed by atoms with E-state index in [1.165, 1.54) is 30.8 Å². The summed E-state index contributed by atoms with van der Waals surface area (Å²) in [4.78, 5) is 12.5. The number of alkyl halides is 3. The van der Waals surface area contributed by atoms with E-state index in [-0.39, 0.29) is 0 Å². The van der Waals surface area contributed by atoms with Crippen LogP contribution in [-0.2, 0) is 17.4 Å². The maximum atomic E-state index is 12.7. The molecule has 1 heterocycles. The van der Waals surface area contributed by atoms with Gasteiger partial charge in [0.15, 0.2) is 5.60 Å². The Kier molecular flexibility index (Phi) is 6.66. The molecule has 176 valence electrons. The number of ether oxygens (including phenoxy) is 2. The van der Waals surface area contributed by atoms with E-state index >= 15 is 0 Å². The van der Waals surface area contributed by atoms with E-state index in [4.69, 9.17) is 9.47 Å². The lowest BCUT2D eigenvalue weighted by atomic mass is 10.1. The zero-order chi connectivity index (χ0) is 24.4. The van der Waals surface area contributed by atoms with Crippen molar-refractivity contribution in [3.63, 3.8) is 0 Å². The molecule has 1 aromatic heterocycles. The van der Waals surface area contributed by atoms with Crippen LogP contribution >= 0.6 is 0 Å². The van der Waals surface area contributed by atoms with E-state index in [2.05, 4.69) is 10.2 Å². The van der Waals surface area contributed by atoms with Crippen molar-refractivity contribution in [2.75, 3.05) is 6.61 Å². The Morgan fingerprint density at radius 2 is 1.73 bits per heavy atom. The smallest absolute Gasteiger partial charge is 0.416 e. The number of carboxylic acid groups (broad SMARTS) is 1. The number of aliphatic carboxylic acids is 1. The van der Waals surface area contributed by atoms with Gasteiger partial charge in [-0.25, -0.2) is 4.79 Å². The van der Waals surface area contributed by atoms with Crippen molar-refractivity contribution in [3.05, 3.63) is 65.0 Å². The Morgan fingerprint density at radius 3 is 2.30 bits per heavy atom. The van der Waals surface area contributed by atoms with E-state index in [0.29, 0.717) is 41.6 Å². The van der Waals surface area contributed by atoms with Crippen LogP contribution in [0, 0.1) is 13.8 Å². The van der Waals surface area contributed by atoms with Crippen LogP contribution in [0.15, 0.2) is 42.5 Å². The van der Waals surface area contributed by atoms with E-state index in [9.17, 15) is 23.1 Å². The van der Waals surface area contributed by atoms with Crippen LogP contribution < -0.4 is 9.47 Å². The summed E-state index contributed by atoms with van der Waals surface area (Å²) in [6.45, 7) is 6.80. The van der Waals surface area contributed by atoms with Crippen LogP contribution in [0.25, 0.3) is 5.69 Å². The molecule has 0 aliphatic rings. The number of carbonyl (C=O) groups is 1. The molecule has 0 spiro atoms. The van der Waals surface area contributed by atoms with Crippen molar-refractivity contribution in [1.82, 2.24) is 15.0 Å². The number of hydrogen-bond acceptors (Lipinski definition) is 5. The highest BCUT2D eigenvalue weighted by Gasteiger charge is 2.30. The first-order valence-electron chi connectivity index (χ1n) is 10.1. The number of benzene rings is 2. The lowest BCUT2D eigenvalue weighted by molar-refractivity contribution is -0.152. The van der Waals surface area contributed by atoms with E-state index in [1.807, 2.05) is 0 Å². The minimum atomic E-state index is -4.40. The van der Waals surface area contributed by atoms with Crippen LogP contribution in [0.2, 0.25) is 0 Å². The SMILES string of the molecule is Cc1cc(OCCc2nn(-c3ccc(C(F)(F)F)cc3)nc2C)ccc1OC(C)(C)C(=O)O. The normalized spacial score (nSPS) is 12.0. The second kappa shape index (κ2) is 9.13. The third kappa shape index (κ3) is 5.82. The molecule has 33 heavy (non-hydrogen) atoms. The number of hydrogen-bond donors (Lipinski definition) is 1. The molecule has 0 fully saturated rings. The first kappa shape index (κ1) is 24.1. The van der Waals surface area contributed by atoms with Crippen molar-refractivity contribution in [1.29, 1.82) is 0 Å². The largest absolute Gasteiger partial charge is 0.493 e. The van der Waals surface area contributed by atoms with Gasteiger partial charge in [-0.3, -0.25) is 0 Å². The first-order chi connectivity index (χ1) is 15.4. The first-order valence-corrected chi connectivity index (χ1v) is 10.1. The van der Waals surface area contributed by atoms with Gasteiger partial charge in [0.05, 0.1) is 29.2 Å². The summed E-state index contributed by atoms with van der Waals surface area (Å²) < 4.78 is 49.6. The molecule has 10 heteroatoms. The molecule has 0 unspecified atom stereocenters. The summed E-state index contributed by atoms with van der Waals surface area (Å²) in [6, 6.07) is 9.71. The molecule has 0 saturated heterocycles. The molecule has 0 saturated carbocycles. The predicted octanol–water partition coefficient (Wildman–Crippen LogP) is 4.77. The molecule has 1 N–H and O–H groups in total. The molecule has 2 aromatic carbocycles. The van der Waals surface area contributed by atoms with Gasteiger partial charge in [0.2, 0.25) is 0 Å². The Hall–Kier alpha value is -3.56. The van der Waals surface area contributed by atoms with Crippen LogP contribution in [-0.4, -0.2) is 38.3 Å². The highest BCUT2D eigenvalue weighted by molar-refractivity contribution is 5.76. The zero-order valence-corrected chi connectivity index (χ0v) is 18.6. The van der Waals surface area contributed by atoms with Gasteiger partial charge in [-0.2, -0.15) is 28.2 Å². The number of aromatic nitrogens is 3. The second-order valence-corrected chi connectivity index (χ2v) is 8.01. The number of rotatable bonds is 8. The van der Waals surface area contributed by atoms with Gasteiger partial charge in [-0.05, 0) is 75.7 Å². The van der Waals surface area contributed by atoms with Crippen molar-refractivity contribution in [3.8, 4) is 17.2 Å². The molecule has 3 rings (SSSR count). The topological polar surface area (TPSA) is 86.5 Å². The van der Waals surface area contributed by atoms with Crippen LogP contribution in [0.5, 0.6) is 11.5 Å². The van der Waals surface area contributed by atoms with Crippen molar-refractivity contribution in [2.45, 2.75) is 45.9 Å². The fraction of sp³-hybridized carbons (Fsp3) is 0.348. The minimum Gasteiger partial charge on any atom is -0.493 e. The molecule has 3 aromatic rings.